The number of nitriles is 1. The molecule has 8 heteroatoms. The second kappa shape index (κ2) is 7.49. The molecule has 0 bridgehead atoms. The van der Waals surface area contributed by atoms with E-state index in [1.807, 2.05) is 31.7 Å². The Hall–Kier alpha value is -2.11. The summed E-state index contributed by atoms with van der Waals surface area (Å²) >= 11 is 0. The number of alkyl halides is 1. The zero-order valence-electron chi connectivity index (χ0n) is 16.3. The molecule has 0 radical (unpaired) electrons. The number of piperidine rings is 1. The lowest BCUT2D eigenvalue weighted by atomic mass is 9.83. The van der Waals surface area contributed by atoms with Gasteiger partial charge in [0.1, 0.15) is 11.9 Å². The third-order valence-corrected chi connectivity index (χ3v) is 5.01. The van der Waals surface area contributed by atoms with E-state index in [4.69, 9.17) is 10.5 Å². The highest BCUT2D eigenvalue weighted by Gasteiger charge is 2.47. The average molecular weight is 381 g/mol. The molecule has 0 aromatic carbocycles. The summed E-state index contributed by atoms with van der Waals surface area (Å²) in [5.74, 6) is -4.11. The van der Waals surface area contributed by atoms with Crippen molar-refractivity contribution in [3.05, 3.63) is 22.6 Å². The van der Waals surface area contributed by atoms with Gasteiger partial charge >= 0.3 is 0 Å². The molecule has 1 heterocycles. The summed E-state index contributed by atoms with van der Waals surface area (Å²) in [6.45, 7) is 7.38. The number of likely N-dealkylation sites (tertiary alicyclic amines) is 1. The molecule has 7 nitrogen and oxygen atoms in total. The van der Waals surface area contributed by atoms with Gasteiger partial charge in [-0.1, -0.05) is 20.8 Å². The summed E-state index contributed by atoms with van der Waals surface area (Å²) in [6, 6.07) is 2.03. The van der Waals surface area contributed by atoms with Crippen LogP contribution in [0.5, 0.6) is 0 Å². The Morgan fingerprint density at radius 3 is 2.37 bits per heavy atom. The van der Waals surface area contributed by atoms with Crippen molar-refractivity contribution >= 4 is 5.91 Å². The Kier molecular flexibility index (Phi) is 5.88. The van der Waals surface area contributed by atoms with Gasteiger partial charge in [0.05, 0.1) is 24.3 Å². The van der Waals surface area contributed by atoms with Crippen LogP contribution in [0.3, 0.4) is 0 Å². The Morgan fingerprint density at radius 1 is 1.37 bits per heavy atom. The van der Waals surface area contributed by atoms with Crippen LogP contribution in [0.25, 0.3) is 0 Å². The van der Waals surface area contributed by atoms with E-state index in [9.17, 15) is 24.7 Å². The van der Waals surface area contributed by atoms with Crippen LogP contribution in [-0.2, 0) is 9.53 Å². The number of rotatable bonds is 5. The fourth-order valence-electron chi connectivity index (χ4n) is 3.56. The molecule has 0 saturated carbocycles. The van der Waals surface area contributed by atoms with E-state index < -0.39 is 29.4 Å². The van der Waals surface area contributed by atoms with Crippen molar-refractivity contribution in [3.8, 4) is 6.07 Å². The number of primary amides is 1. The first-order valence-electron chi connectivity index (χ1n) is 9.03. The number of nitrogens with zero attached hydrogens (tertiary/aromatic N) is 2. The molecule has 1 amide bonds. The minimum atomic E-state index is -2.75. The molecule has 2 aliphatic rings. The van der Waals surface area contributed by atoms with Crippen molar-refractivity contribution in [2.75, 3.05) is 13.1 Å². The zero-order valence-corrected chi connectivity index (χ0v) is 16.3. The van der Waals surface area contributed by atoms with Crippen LogP contribution in [0.4, 0.5) is 4.39 Å². The molecule has 4 N–H and O–H groups in total. The summed E-state index contributed by atoms with van der Waals surface area (Å²) < 4.78 is 20.2. The number of aliphatic hydroxyl groups excluding tert-OH is 2. The first kappa shape index (κ1) is 21.2. The Balaban J connectivity index is 2.56. The van der Waals surface area contributed by atoms with Crippen LogP contribution in [0.15, 0.2) is 22.6 Å². The van der Waals surface area contributed by atoms with E-state index in [0.29, 0.717) is 42.8 Å². The average Bonchev–Trinajstić information content (AvgIpc) is 2.80. The quantitative estimate of drug-likeness (QED) is 0.670. The number of nitrogens with two attached hydrogens (primary N) is 1. The van der Waals surface area contributed by atoms with Gasteiger partial charge < -0.3 is 25.6 Å². The third-order valence-electron chi connectivity index (χ3n) is 5.01. The summed E-state index contributed by atoms with van der Waals surface area (Å²) in [7, 11) is 0. The molecule has 0 aromatic heterocycles. The normalized spacial score (nSPS) is 24.2. The number of amides is 1. The number of hydrogen-bond acceptors (Lipinski definition) is 6. The highest BCUT2D eigenvalue weighted by atomic mass is 19.2. The molecule has 150 valence electrons. The third kappa shape index (κ3) is 4.25. The van der Waals surface area contributed by atoms with Crippen LogP contribution in [0, 0.1) is 16.7 Å². The Morgan fingerprint density at radius 2 is 1.93 bits per heavy atom. The van der Waals surface area contributed by atoms with Crippen molar-refractivity contribution in [2.45, 2.75) is 65.0 Å². The SMILES string of the molecule is CC(C)(C)C1=C(O)C(CC#N)=C(N2CCC(O)CC2)C1OC(C)(F)C(N)=O. The maximum atomic E-state index is 14.7. The van der Waals surface area contributed by atoms with E-state index in [-0.39, 0.29) is 12.2 Å². The molecule has 2 atom stereocenters. The van der Waals surface area contributed by atoms with Gasteiger partial charge in [0.15, 0.2) is 0 Å². The Labute approximate surface area is 158 Å². The summed E-state index contributed by atoms with van der Waals surface area (Å²) in [6.07, 6.45) is -0.553. The van der Waals surface area contributed by atoms with Crippen LogP contribution in [0.2, 0.25) is 0 Å². The Bertz CT molecular complexity index is 707. The molecule has 0 aromatic rings. The second-order valence-electron chi connectivity index (χ2n) is 8.21. The first-order chi connectivity index (χ1) is 12.4. The molecule has 1 fully saturated rings. The molecule has 1 saturated heterocycles. The molecule has 1 aliphatic carbocycles. The molecule has 1 aliphatic heterocycles. The summed E-state index contributed by atoms with van der Waals surface area (Å²) in [5, 5.41) is 29.9. The molecular weight excluding hydrogens is 353 g/mol. The molecule has 0 spiro atoms. The monoisotopic (exact) mass is 381 g/mol. The lowest BCUT2D eigenvalue weighted by Crippen LogP contribution is -2.47. The van der Waals surface area contributed by atoms with Gasteiger partial charge in [-0.25, -0.2) is 4.39 Å². The van der Waals surface area contributed by atoms with Crippen LogP contribution < -0.4 is 5.73 Å². The fraction of sp³-hybridized carbons (Fsp3) is 0.684. The van der Waals surface area contributed by atoms with Gasteiger partial charge in [-0.05, 0) is 18.3 Å². The highest BCUT2D eigenvalue weighted by molar-refractivity contribution is 5.81. The van der Waals surface area contributed by atoms with Gasteiger partial charge in [0.25, 0.3) is 11.8 Å². The molecular formula is C19H28FN3O4. The van der Waals surface area contributed by atoms with E-state index in [1.54, 1.807) is 0 Å². The number of hydrogen-bond donors (Lipinski definition) is 3. The maximum absolute atomic E-state index is 14.7. The second-order valence-corrected chi connectivity index (χ2v) is 8.21. The lowest BCUT2D eigenvalue weighted by molar-refractivity contribution is -0.176. The molecule has 27 heavy (non-hydrogen) atoms. The molecule has 2 unspecified atom stereocenters. The van der Waals surface area contributed by atoms with Crippen LogP contribution in [-0.4, -0.2) is 52.2 Å². The summed E-state index contributed by atoms with van der Waals surface area (Å²) in [5.41, 5.74) is 5.76. The number of carbonyl (C=O) groups is 1. The minimum absolute atomic E-state index is 0.0841. The van der Waals surface area contributed by atoms with Gasteiger partial charge in [-0.15, -0.1) is 0 Å². The van der Waals surface area contributed by atoms with Crippen LogP contribution >= 0.6 is 0 Å². The van der Waals surface area contributed by atoms with Gasteiger partial charge in [0.2, 0.25) is 0 Å². The number of aliphatic hydroxyl groups is 2. The maximum Gasteiger partial charge on any atom is 0.286 e. The van der Waals surface area contributed by atoms with Gasteiger partial charge in [-0.3, -0.25) is 4.79 Å². The van der Waals surface area contributed by atoms with E-state index in [0.717, 1.165) is 6.92 Å². The number of ether oxygens (including phenoxy) is 1. The van der Waals surface area contributed by atoms with Gasteiger partial charge in [0, 0.05) is 31.2 Å². The standard InChI is InChI=1S/C19H28FN3O4/c1-18(2,3)13-15(25)12(5-8-21)14(23-9-6-11(24)7-10-23)16(13)27-19(4,20)17(22)26/h11,16,24-25H,5-7,9-10H2,1-4H3,(H2,22,26). The lowest BCUT2D eigenvalue weighted by Gasteiger charge is -2.39. The van der Waals surface area contributed by atoms with Gasteiger partial charge in [-0.2, -0.15) is 5.26 Å². The number of carbonyl (C=O) groups excluding carboxylic acids is 1. The van der Waals surface area contributed by atoms with Crippen molar-refractivity contribution in [1.82, 2.24) is 4.90 Å². The smallest absolute Gasteiger partial charge is 0.286 e. The fourth-order valence-corrected chi connectivity index (χ4v) is 3.56. The van der Waals surface area contributed by atoms with E-state index in [2.05, 4.69) is 0 Å². The van der Waals surface area contributed by atoms with Crippen molar-refractivity contribution < 1.29 is 24.1 Å². The largest absolute Gasteiger partial charge is 0.507 e. The van der Waals surface area contributed by atoms with E-state index >= 15 is 0 Å². The minimum Gasteiger partial charge on any atom is -0.507 e. The van der Waals surface area contributed by atoms with Crippen LogP contribution in [0.1, 0.15) is 47.0 Å². The van der Waals surface area contributed by atoms with Crippen molar-refractivity contribution in [3.63, 3.8) is 0 Å². The summed E-state index contributed by atoms with van der Waals surface area (Å²) in [4.78, 5) is 13.4. The predicted octanol–water partition coefficient (Wildman–Crippen LogP) is 2.04. The zero-order chi connectivity index (χ0) is 20.6. The van der Waals surface area contributed by atoms with Crippen molar-refractivity contribution in [2.24, 2.45) is 11.1 Å². The number of halogens is 1. The topological polar surface area (TPSA) is 120 Å². The molecule has 2 rings (SSSR count). The number of allylic oxidation sites excluding steroid dienone is 1. The highest BCUT2D eigenvalue weighted by Crippen LogP contribution is 2.46. The first-order valence-corrected chi connectivity index (χ1v) is 9.03. The van der Waals surface area contributed by atoms with E-state index in [1.165, 1.54) is 0 Å². The predicted molar refractivity (Wildman–Crippen MR) is 96.8 cm³/mol. The van der Waals surface area contributed by atoms with Crippen molar-refractivity contribution in [1.29, 1.82) is 5.26 Å².